The Bertz CT molecular complexity index is 543. The fourth-order valence-electron chi connectivity index (χ4n) is 3.12. The highest BCUT2D eigenvalue weighted by Crippen LogP contribution is 2.26. The second kappa shape index (κ2) is 7.51. The molecule has 1 aromatic carbocycles. The molecule has 2 heterocycles. The summed E-state index contributed by atoms with van der Waals surface area (Å²) in [6.45, 7) is 6.11. The van der Waals surface area contributed by atoms with Crippen molar-refractivity contribution in [2.45, 2.75) is 25.0 Å². The van der Waals surface area contributed by atoms with Crippen molar-refractivity contribution in [1.82, 2.24) is 9.80 Å². The summed E-state index contributed by atoms with van der Waals surface area (Å²) in [5.41, 5.74) is -0.939. The van der Waals surface area contributed by atoms with Crippen molar-refractivity contribution in [2.75, 3.05) is 45.9 Å². The van der Waals surface area contributed by atoms with Gasteiger partial charge in [-0.3, -0.25) is 9.69 Å². The van der Waals surface area contributed by atoms with Crippen LogP contribution >= 0.6 is 0 Å². The van der Waals surface area contributed by atoms with E-state index in [-0.39, 0.29) is 5.91 Å². The van der Waals surface area contributed by atoms with Gasteiger partial charge >= 0.3 is 0 Å². The summed E-state index contributed by atoms with van der Waals surface area (Å²) < 4.78 is 11.3. The lowest BCUT2D eigenvalue weighted by Crippen LogP contribution is -2.59. The molecule has 1 aromatic rings. The van der Waals surface area contributed by atoms with E-state index in [0.29, 0.717) is 45.0 Å². The minimum Gasteiger partial charge on any atom is -0.486 e. The van der Waals surface area contributed by atoms with Crippen LogP contribution in [-0.4, -0.2) is 78.5 Å². The Labute approximate surface area is 143 Å². The first-order valence-corrected chi connectivity index (χ1v) is 8.56. The molecule has 0 aliphatic carbocycles. The van der Waals surface area contributed by atoms with Crippen LogP contribution in [0, 0.1) is 0 Å². The monoisotopic (exact) mass is 334 g/mol. The van der Waals surface area contributed by atoms with Gasteiger partial charge in [-0.05, 0) is 25.5 Å². The number of likely N-dealkylation sites (tertiary alicyclic amines) is 1. The zero-order valence-corrected chi connectivity index (χ0v) is 14.2. The normalized spacial score (nSPS) is 28.6. The lowest BCUT2D eigenvalue weighted by atomic mass is 9.90. The topological polar surface area (TPSA) is 62.2 Å². The zero-order chi connectivity index (χ0) is 17.0. The largest absolute Gasteiger partial charge is 0.486 e. The number of aliphatic hydroxyl groups is 1. The van der Waals surface area contributed by atoms with Crippen molar-refractivity contribution in [3.63, 3.8) is 0 Å². The van der Waals surface area contributed by atoms with Gasteiger partial charge in [0.15, 0.2) is 0 Å². The van der Waals surface area contributed by atoms with Crippen LogP contribution in [0.5, 0.6) is 5.75 Å². The van der Waals surface area contributed by atoms with Crippen molar-refractivity contribution in [1.29, 1.82) is 0 Å². The van der Waals surface area contributed by atoms with Gasteiger partial charge in [0, 0.05) is 19.6 Å². The SMILES string of the molecule is C[C@@]1(O)CCN(C(=O)CN2CCOCC2)C[C@H]1Oc1ccccc1. The van der Waals surface area contributed by atoms with Crippen molar-refractivity contribution in [2.24, 2.45) is 0 Å². The zero-order valence-electron chi connectivity index (χ0n) is 14.2. The van der Waals surface area contributed by atoms with Gasteiger partial charge in [-0.25, -0.2) is 0 Å². The van der Waals surface area contributed by atoms with E-state index in [1.54, 1.807) is 11.8 Å². The van der Waals surface area contributed by atoms with Crippen LogP contribution in [0.3, 0.4) is 0 Å². The molecule has 0 saturated carbocycles. The van der Waals surface area contributed by atoms with Crippen molar-refractivity contribution >= 4 is 5.91 Å². The van der Waals surface area contributed by atoms with Crippen LogP contribution in [0.4, 0.5) is 0 Å². The standard InChI is InChI=1S/C18H26N2O4/c1-18(22)7-8-20(17(21)14-19-9-11-23-12-10-19)13-16(18)24-15-5-3-2-4-6-15/h2-6,16,22H,7-14H2,1H3/t16-,18-/m1/s1. The van der Waals surface area contributed by atoms with E-state index in [4.69, 9.17) is 9.47 Å². The molecule has 0 aromatic heterocycles. The molecule has 2 aliphatic rings. The summed E-state index contributed by atoms with van der Waals surface area (Å²) in [6, 6.07) is 9.45. The Hall–Kier alpha value is -1.63. The van der Waals surface area contributed by atoms with Gasteiger partial charge in [0.1, 0.15) is 17.5 Å². The van der Waals surface area contributed by atoms with Gasteiger partial charge in [0.05, 0.1) is 26.3 Å². The Morgan fingerprint density at radius 2 is 2.00 bits per heavy atom. The molecule has 1 amide bonds. The van der Waals surface area contributed by atoms with Crippen molar-refractivity contribution in [3.8, 4) is 5.75 Å². The summed E-state index contributed by atoms with van der Waals surface area (Å²) in [4.78, 5) is 16.5. The van der Waals surface area contributed by atoms with E-state index in [9.17, 15) is 9.90 Å². The molecule has 3 rings (SSSR count). The Kier molecular flexibility index (Phi) is 5.38. The molecule has 0 radical (unpaired) electrons. The van der Waals surface area contributed by atoms with Gasteiger partial charge in [-0.1, -0.05) is 18.2 Å². The number of carbonyl (C=O) groups excluding carboxylic acids is 1. The molecule has 6 nitrogen and oxygen atoms in total. The third-order valence-corrected chi connectivity index (χ3v) is 4.80. The summed E-state index contributed by atoms with van der Waals surface area (Å²) in [6.07, 6.45) is 0.0848. The first-order valence-electron chi connectivity index (χ1n) is 8.56. The predicted molar refractivity (Wildman–Crippen MR) is 89.9 cm³/mol. The van der Waals surface area contributed by atoms with E-state index in [0.717, 1.165) is 13.1 Å². The maximum absolute atomic E-state index is 12.6. The van der Waals surface area contributed by atoms with E-state index in [1.807, 2.05) is 30.3 Å². The average molecular weight is 334 g/mol. The number of ether oxygens (including phenoxy) is 2. The summed E-state index contributed by atoms with van der Waals surface area (Å²) >= 11 is 0. The van der Waals surface area contributed by atoms with Crippen LogP contribution < -0.4 is 4.74 Å². The fourth-order valence-corrected chi connectivity index (χ4v) is 3.12. The Balaban J connectivity index is 1.60. The molecule has 6 heteroatoms. The molecular formula is C18H26N2O4. The number of morpholine rings is 1. The minimum absolute atomic E-state index is 0.0917. The van der Waals surface area contributed by atoms with Gasteiger partial charge in [-0.2, -0.15) is 0 Å². The fraction of sp³-hybridized carbons (Fsp3) is 0.611. The maximum atomic E-state index is 12.6. The molecule has 2 fully saturated rings. The lowest BCUT2D eigenvalue weighted by Gasteiger charge is -2.42. The number of benzene rings is 1. The highest BCUT2D eigenvalue weighted by Gasteiger charge is 2.41. The maximum Gasteiger partial charge on any atom is 0.236 e. The predicted octanol–water partition coefficient (Wildman–Crippen LogP) is 0.750. The molecule has 2 saturated heterocycles. The summed E-state index contributed by atoms with van der Waals surface area (Å²) in [7, 11) is 0. The highest BCUT2D eigenvalue weighted by molar-refractivity contribution is 5.78. The Morgan fingerprint density at radius 3 is 2.71 bits per heavy atom. The molecule has 2 atom stereocenters. The second-order valence-electron chi connectivity index (χ2n) is 6.75. The van der Waals surface area contributed by atoms with Gasteiger partial charge in [0.2, 0.25) is 5.91 Å². The lowest BCUT2D eigenvalue weighted by molar-refractivity contribution is -0.145. The molecule has 2 aliphatic heterocycles. The van der Waals surface area contributed by atoms with Crippen LogP contribution in [0.1, 0.15) is 13.3 Å². The number of para-hydroxylation sites is 1. The molecule has 0 unspecified atom stereocenters. The first-order chi connectivity index (χ1) is 11.5. The van der Waals surface area contributed by atoms with Crippen LogP contribution in [0.25, 0.3) is 0 Å². The van der Waals surface area contributed by atoms with Crippen molar-refractivity contribution in [3.05, 3.63) is 30.3 Å². The molecule has 24 heavy (non-hydrogen) atoms. The third-order valence-electron chi connectivity index (χ3n) is 4.80. The molecule has 0 bridgehead atoms. The molecule has 132 valence electrons. The number of piperidine rings is 1. The van der Waals surface area contributed by atoms with E-state index < -0.39 is 11.7 Å². The average Bonchev–Trinajstić information content (AvgIpc) is 2.58. The van der Waals surface area contributed by atoms with E-state index in [1.165, 1.54) is 0 Å². The number of hydrogen-bond donors (Lipinski definition) is 1. The third kappa shape index (κ3) is 4.26. The number of hydrogen-bond acceptors (Lipinski definition) is 5. The second-order valence-corrected chi connectivity index (χ2v) is 6.75. The van der Waals surface area contributed by atoms with Gasteiger partial charge in [-0.15, -0.1) is 0 Å². The molecule has 1 N–H and O–H groups in total. The van der Waals surface area contributed by atoms with Gasteiger partial charge in [0.25, 0.3) is 0 Å². The summed E-state index contributed by atoms with van der Waals surface area (Å²) in [5.74, 6) is 0.805. The Morgan fingerprint density at radius 1 is 1.29 bits per heavy atom. The van der Waals surface area contributed by atoms with Gasteiger partial charge < -0.3 is 19.5 Å². The summed E-state index contributed by atoms with van der Waals surface area (Å²) in [5, 5.41) is 10.6. The number of amides is 1. The highest BCUT2D eigenvalue weighted by atomic mass is 16.5. The smallest absolute Gasteiger partial charge is 0.236 e. The minimum atomic E-state index is -0.939. The van der Waals surface area contributed by atoms with E-state index >= 15 is 0 Å². The first kappa shape index (κ1) is 17.2. The quantitative estimate of drug-likeness (QED) is 0.880. The number of rotatable bonds is 4. The molecule has 0 spiro atoms. The van der Waals surface area contributed by atoms with E-state index in [2.05, 4.69) is 4.90 Å². The van der Waals surface area contributed by atoms with Crippen LogP contribution in [0.15, 0.2) is 30.3 Å². The van der Waals surface area contributed by atoms with Crippen LogP contribution in [-0.2, 0) is 9.53 Å². The van der Waals surface area contributed by atoms with Crippen molar-refractivity contribution < 1.29 is 19.4 Å². The van der Waals surface area contributed by atoms with Crippen LogP contribution in [0.2, 0.25) is 0 Å². The molecular weight excluding hydrogens is 308 g/mol. The number of nitrogens with zero attached hydrogens (tertiary/aromatic N) is 2. The number of carbonyl (C=O) groups is 1.